The van der Waals surface area contributed by atoms with E-state index in [1.165, 1.54) is 55.0 Å². The molecule has 0 radical (unpaired) electrons. The second kappa shape index (κ2) is 59.1. The molecule has 6 N–H and O–H groups in total. The molecule has 0 aliphatic heterocycles. The summed E-state index contributed by atoms with van der Waals surface area (Å²) in [6.45, 7) is 28.7. The lowest BCUT2D eigenvalue weighted by atomic mass is 10.0. The van der Waals surface area contributed by atoms with Gasteiger partial charge in [0.1, 0.15) is 97.0 Å². The third-order valence-electron chi connectivity index (χ3n) is 22.9. The molecule has 1 saturated carbocycles. The van der Waals surface area contributed by atoms with Crippen molar-refractivity contribution in [2.24, 2.45) is 0 Å². The first-order valence-electron chi connectivity index (χ1n) is 46.8. The van der Waals surface area contributed by atoms with Gasteiger partial charge in [0.2, 0.25) is 0 Å². The third kappa shape index (κ3) is 34.7. The highest BCUT2D eigenvalue weighted by atomic mass is 32.2. The van der Waals surface area contributed by atoms with E-state index in [2.05, 4.69) is 12.1 Å². The van der Waals surface area contributed by atoms with Crippen LogP contribution in [0.4, 0.5) is 84.8 Å². The molecule has 0 heterocycles. The highest BCUT2D eigenvalue weighted by Gasteiger charge is 2.38. The summed E-state index contributed by atoms with van der Waals surface area (Å²) in [6.07, 6.45) is 4.69. The third-order valence-corrected chi connectivity index (χ3v) is 26.0. The van der Waals surface area contributed by atoms with Crippen LogP contribution in [-0.4, -0.2) is 114 Å². The highest BCUT2D eigenvalue weighted by Crippen LogP contribution is 2.48. The molecule has 26 nitrogen and oxygen atoms in total. The average molecular weight is 2160 g/mol. The number of carbonyl (C=O) groups is 6. The summed E-state index contributed by atoms with van der Waals surface area (Å²) >= 11 is 5.13. The number of halogens is 5. The number of alkyl halides is 5. The molecule has 0 spiro atoms. The van der Waals surface area contributed by atoms with E-state index in [0.29, 0.717) is 110 Å². The Morgan fingerprint density at radius 3 is 0.852 bits per heavy atom. The normalized spacial score (nSPS) is 11.2. The van der Waals surface area contributed by atoms with E-state index in [0.717, 1.165) is 189 Å². The molecule has 6 amide bonds. The summed E-state index contributed by atoms with van der Waals surface area (Å²) in [5, 5.41) is 60.8. The van der Waals surface area contributed by atoms with Crippen LogP contribution in [0.2, 0.25) is 0 Å². The maximum Gasteiger partial charge on any atom is 0.418 e. The van der Waals surface area contributed by atoms with Crippen molar-refractivity contribution >= 4 is 136 Å². The average Bonchev–Trinajstić information content (AvgIpc) is 1.76. The number of thioether (sulfide) groups is 6. The minimum atomic E-state index is -4.73. The summed E-state index contributed by atoms with van der Waals surface area (Å²) < 4.78 is 112. The molecule has 12 aromatic carbocycles. The minimum absolute atomic E-state index is 0.0220. The number of ether oxygens (including phenoxy) is 8. The number of methoxy groups -OCH3 is 1. The van der Waals surface area contributed by atoms with Gasteiger partial charge in [-0.2, -0.15) is 43.6 Å². The van der Waals surface area contributed by atoms with Crippen LogP contribution >= 0.6 is 70.6 Å². The molecule has 0 aromatic heterocycles. The SMILES string of the molecule is CCOc1cccc(COc2ccc(C)cc2C)c1N(O)C(=O)SC.CCc1cccc(COc2ccc(C)cc2C)c1N(O)C(=O)SC.COc1cccc(COc2ccc(C)cc2C)c1N(O)C(=O)SC.CSC(=O)N(O)c1c(COc2ccc(C)cc2C)cccc1C(F)(F)F.CSC(=O)N(O)c1c(COc2ccc(C)cc2C)cccc1C(F)F.CSC(=O)N(O)c1c(COc2ccc(C)cc2C)cccc1C1CC1. The minimum Gasteiger partial charge on any atom is -0.494 e. The van der Waals surface area contributed by atoms with E-state index < -0.39 is 55.6 Å². The number of benzene rings is 12. The predicted molar refractivity (Wildman–Crippen MR) is 588 cm³/mol. The number of para-hydroxylation sites is 6. The zero-order chi connectivity index (χ0) is 110. The zero-order valence-corrected chi connectivity index (χ0v) is 91.8. The summed E-state index contributed by atoms with van der Waals surface area (Å²) in [7, 11) is 1.49. The molecule has 0 unspecified atom stereocenters. The number of nitrogens with zero attached hydrogens (tertiary/aromatic N) is 6. The number of anilines is 6. The van der Waals surface area contributed by atoms with E-state index in [-0.39, 0.29) is 59.7 Å². The Balaban J connectivity index is 0.000000218. The number of hydroxylamine groups is 6. The van der Waals surface area contributed by atoms with E-state index in [9.17, 15) is 82.0 Å². The van der Waals surface area contributed by atoms with Crippen LogP contribution in [0, 0.1) is 83.1 Å². The molecular weight excluding hydrogens is 2040 g/mol. The Kier molecular flexibility index (Phi) is 48.2. The van der Waals surface area contributed by atoms with Crippen molar-refractivity contribution < 1.29 is 120 Å². The Morgan fingerprint density at radius 2 is 0.557 bits per heavy atom. The van der Waals surface area contributed by atoms with Crippen molar-refractivity contribution in [3.05, 3.63) is 341 Å². The molecule has 13 rings (SSSR count). The summed E-state index contributed by atoms with van der Waals surface area (Å²) in [5.41, 5.74) is 17.2. The molecule has 1 aliphatic rings. The van der Waals surface area contributed by atoms with Gasteiger partial charge in [-0.05, 0) is 252 Å². The fourth-order valence-corrected chi connectivity index (χ4v) is 17.0. The van der Waals surface area contributed by atoms with Crippen molar-refractivity contribution in [3.63, 3.8) is 0 Å². The Bertz CT molecular complexity index is 6340. The number of rotatable bonds is 30. The zero-order valence-electron chi connectivity index (χ0n) is 86.9. The lowest BCUT2D eigenvalue weighted by Crippen LogP contribution is -2.27. The van der Waals surface area contributed by atoms with Crippen molar-refractivity contribution in [2.75, 3.05) is 81.6 Å². The lowest BCUT2D eigenvalue weighted by Gasteiger charge is -2.22. The number of aryl methyl sites for hydroxylation is 13. The first kappa shape index (κ1) is 122. The van der Waals surface area contributed by atoms with Crippen molar-refractivity contribution in [1.29, 1.82) is 0 Å². The van der Waals surface area contributed by atoms with Crippen LogP contribution in [0.3, 0.4) is 0 Å². The van der Waals surface area contributed by atoms with Crippen molar-refractivity contribution in [2.45, 2.75) is 174 Å². The van der Waals surface area contributed by atoms with Gasteiger partial charge in [-0.1, -0.05) is 275 Å². The molecule has 1 fully saturated rings. The van der Waals surface area contributed by atoms with Crippen LogP contribution in [0.25, 0.3) is 0 Å². The number of amides is 6. The fraction of sp³-hybridized carbons (Fsp3) is 0.304. The van der Waals surface area contributed by atoms with E-state index in [4.69, 9.17) is 37.9 Å². The molecule has 1 aliphatic carbocycles. The number of hydrogen-bond acceptors (Lipinski definition) is 26. The molecule has 0 saturated heterocycles. The molecule has 796 valence electrons. The molecule has 149 heavy (non-hydrogen) atoms. The van der Waals surface area contributed by atoms with Gasteiger partial charge in [-0.15, -0.1) is 0 Å². The van der Waals surface area contributed by atoms with Crippen LogP contribution < -0.4 is 68.3 Å². The topological polar surface area (TPSA) is 317 Å². The predicted octanol–water partition coefficient (Wildman–Crippen LogP) is 31.2. The van der Waals surface area contributed by atoms with Gasteiger partial charge in [0.05, 0.1) is 42.0 Å². The number of carbonyl (C=O) groups excluding carboxylic acids is 6. The van der Waals surface area contributed by atoms with E-state index >= 15 is 0 Å². The quantitative estimate of drug-likeness (QED) is 0.0138. The standard InChI is InChI=1S/C20H23NO3S.C19H23NO4S.C19H23NO3S.C18H18F3NO3S.C18H19F2NO3S.C18H21NO4S/c1-13-7-10-18(14(2)11-13)24-12-16-5-4-6-17(15-8-9-15)19(16)21(23)20(22)25-3;1-5-23-17-8-6-7-15(18(17)20(22)19(21)25-4)12-24-16-10-9-13(2)11-14(16)3;1-5-15-7-6-8-16(18(15)20(22)19(21)24-4)12-23-17-10-9-13(2)11-14(17)3;1-11-7-8-15(12(2)9-11)25-10-13-5-4-6-14(18(19,20)21)16(13)22(24)17(23)26-3;1-11-7-8-15(12(2)9-11)24-10-13-5-4-6-14(17(19)20)16(13)21(23)18(22)25-3;1-12-8-9-15(13(2)10-12)23-11-14-6-5-7-16(22-3)17(14)19(21)18(20)24-4/h4-7,10-11,15,23H,8-9,12H2,1-3H3;6-11,22H,5,12H2,1-4H3;6-11,22H,5,12H2,1-4H3;4-9,24H,10H2,1-3H3;4-9,17,23H,10H2,1-3H3;5-10,21H,11H2,1-4H3. The largest absolute Gasteiger partial charge is 0.494 e. The van der Waals surface area contributed by atoms with Crippen molar-refractivity contribution in [3.8, 4) is 46.0 Å². The fourth-order valence-electron chi connectivity index (χ4n) is 15.4. The molecule has 37 heteroatoms. The van der Waals surface area contributed by atoms with E-state index in [1.54, 1.807) is 73.6 Å². The Hall–Kier alpha value is -12.6. The Labute approximate surface area is 892 Å². The first-order valence-corrected chi connectivity index (χ1v) is 54.1. The number of hydrogen-bond donors (Lipinski definition) is 6. The van der Waals surface area contributed by atoms with E-state index in [1.807, 2.05) is 224 Å². The smallest absolute Gasteiger partial charge is 0.418 e. The van der Waals surface area contributed by atoms with Gasteiger partial charge >= 0.3 is 37.6 Å². The monoisotopic (exact) mass is 2160 g/mol. The van der Waals surface area contributed by atoms with Crippen molar-refractivity contribution in [1.82, 2.24) is 0 Å². The highest BCUT2D eigenvalue weighted by molar-refractivity contribution is 8.14. The van der Waals surface area contributed by atoms with Gasteiger partial charge in [-0.3, -0.25) is 60.0 Å². The second-order valence-corrected chi connectivity index (χ2v) is 38.6. The first-order chi connectivity index (χ1) is 70.9. The van der Waals surface area contributed by atoms with Crippen LogP contribution in [0.1, 0.15) is 161 Å². The molecular formula is C112H127F5N6O20S6. The van der Waals surface area contributed by atoms with Gasteiger partial charge < -0.3 is 37.9 Å². The lowest BCUT2D eigenvalue weighted by molar-refractivity contribution is -0.137. The van der Waals surface area contributed by atoms with Gasteiger partial charge in [0, 0.05) is 38.9 Å². The maximum absolute atomic E-state index is 13.3. The summed E-state index contributed by atoms with van der Waals surface area (Å²) in [6, 6.07) is 64.7. The Morgan fingerprint density at radius 1 is 0.309 bits per heavy atom. The van der Waals surface area contributed by atoms with Gasteiger partial charge in [0.25, 0.3) is 6.43 Å². The van der Waals surface area contributed by atoms with Crippen LogP contribution in [0.15, 0.2) is 218 Å². The van der Waals surface area contributed by atoms with Gasteiger partial charge in [-0.25, -0.2) is 8.78 Å². The molecule has 0 atom stereocenters. The second-order valence-electron chi connectivity index (χ2n) is 34.1. The summed E-state index contributed by atoms with van der Waals surface area (Å²) in [5.74, 6) is 5.52. The maximum atomic E-state index is 13.3. The van der Waals surface area contributed by atoms with Crippen LogP contribution in [-0.2, 0) is 52.2 Å². The van der Waals surface area contributed by atoms with Gasteiger partial charge in [0.15, 0.2) is 0 Å². The summed E-state index contributed by atoms with van der Waals surface area (Å²) in [4.78, 5) is 71.2. The molecule has 0 bridgehead atoms. The molecule has 12 aromatic rings. The van der Waals surface area contributed by atoms with Crippen LogP contribution in [0.5, 0.6) is 46.0 Å².